The maximum Gasteiger partial charge on any atom is 0.254 e. The van der Waals surface area contributed by atoms with E-state index in [4.69, 9.17) is 4.98 Å². The number of carbonyl (C=O) groups is 1. The Kier molecular flexibility index (Phi) is 5.28. The van der Waals surface area contributed by atoms with Crippen molar-refractivity contribution in [2.24, 2.45) is 0 Å². The fraction of sp³-hybridized carbons (Fsp3) is 0.321. The summed E-state index contributed by atoms with van der Waals surface area (Å²) in [6.45, 7) is 5.54. The zero-order valence-corrected chi connectivity index (χ0v) is 19.9. The third-order valence-electron chi connectivity index (χ3n) is 7.24. The number of carbonyl (C=O) groups excluding carboxylic acids is 1. The number of nitrogens with zero attached hydrogens (tertiary/aromatic N) is 5. The van der Waals surface area contributed by atoms with Crippen LogP contribution >= 0.6 is 0 Å². The first-order valence-corrected chi connectivity index (χ1v) is 12.3. The van der Waals surface area contributed by atoms with E-state index in [1.54, 1.807) is 12.4 Å². The number of rotatable bonds is 4. The molecule has 0 spiro atoms. The van der Waals surface area contributed by atoms with Crippen molar-refractivity contribution in [3.8, 4) is 5.69 Å². The molecule has 6 nitrogen and oxygen atoms in total. The summed E-state index contributed by atoms with van der Waals surface area (Å²) in [6.07, 6.45) is 5.99. The molecule has 7 heteroatoms. The molecule has 35 heavy (non-hydrogen) atoms. The first-order valence-electron chi connectivity index (χ1n) is 12.3. The Morgan fingerprint density at radius 3 is 2.51 bits per heavy atom. The zero-order chi connectivity index (χ0) is 24.1. The highest BCUT2D eigenvalue weighted by Gasteiger charge is 2.36. The van der Waals surface area contributed by atoms with Crippen molar-refractivity contribution in [1.82, 2.24) is 19.4 Å². The summed E-state index contributed by atoms with van der Waals surface area (Å²) < 4.78 is 16.0. The molecule has 2 atom stereocenters. The predicted molar refractivity (Wildman–Crippen MR) is 135 cm³/mol. The number of piperazine rings is 1. The summed E-state index contributed by atoms with van der Waals surface area (Å²) in [5.74, 6) is 1.17. The van der Waals surface area contributed by atoms with Crippen LogP contribution in [-0.4, -0.2) is 50.5 Å². The number of anilines is 1. The van der Waals surface area contributed by atoms with E-state index in [1.807, 2.05) is 45.9 Å². The minimum absolute atomic E-state index is 0.0265. The lowest BCUT2D eigenvalue weighted by molar-refractivity contribution is 0.0644. The van der Waals surface area contributed by atoms with Gasteiger partial charge in [-0.05, 0) is 68.5 Å². The molecular weight excluding hydrogens is 441 g/mol. The monoisotopic (exact) mass is 469 g/mol. The second-order valence-corrected chi connectivity index (χ2v) is 9.78. The Hall–Kier alpha value is -3.74. The fourth-order valence-corrected chi connectivity index (χ4v) is 5.27. The van der Waals surface area contributed by atoms with Crippen LogP contribution in [0.1, 0.15) is 48.5 Å². The minimum atomic E-state index is -0.270. The van der Waals surface area contributed by atoms with Gasteiger partial charge in [-0.25, -0.2) is 14.4 Å². The Labute approximate surface area is 204 Å². The van der Waals surface area contributed by atoms with Gasteiger partial charge in [0.05, 0.1) is 5.39 Å². The fourth-order valence-electron chi connectivity index (χ4n) is 5.27. The summed E-state index contributed by atoms with van der Waals surface area (Å²) in [5, 5.41) is 1.04. The molecule has 178 valence electrons. The molecule has 2 aromatic heterocycles. The van der Waals surface area contributed by atoms with E-state index in [-0.39, 0.29) is 23.8 Å². The molecule has 1 aliphatic carbocycles. The zero-order valence-electron chi connectivity index (χ0n) is 19.9. The number of aromatic nitrogens is 3. The number of amides is 1. The van der Waals surface area contributed by atoms with Crippen molar-refractivity contribution in [2.45, 2.75) is 44.7 Å². The van der Waals surface area contributed by atoms with Gasteiger partial charge in [0.2, 0.25) is 0 Å². The van der Waals surface area contributed by atoms with Gasteiger partial charge in [0, 0.05) is 42.6 Å². The van der Waals surface area contributed by atoms with Gasteiger partial charge in [-0.2, -0.15) is 0 Å². The van der Waals surface area contributed by atoms with Crippen molar-refractivity contribution in [2.75, 3.05) is 18.0 Å². The van der Waals surface area contributed by atoms with Gasteiger partial charge >= 0.3 is 0 Å². The van der Waals surface area contributed by atoms with Crippen LogP contribution in [0.25, 0.3) is 16.7 Å². The lowest BCUT2D eigenvalue weighted by Gasteiger charge is -2.45. The largest absolute Gasteiger partial charge is 0.349 e. The summed E-state index contributed by atoms with van der Waals surface area (Å²) in [6, 6.07) is 16.2. The van der Waals surface area contributed by atoms with Gasteiger partial charge in [0.25, 0.3) is 5.91 Å². The molecule has 3 heterocycles. The molecule has 2 aromatic carbocycles. The van der Waals surface area contributed by atoms with Crippen LogP contribution in [0.5, 0.6) is 0 Å². The molecule has 1 amide bonds. The smallest absolute Gasteiger partial charge is 0.254 e. The van der Waals surface area contributed by atoms with Crippen molar-refractivity contribution in [1.29, 1.82) is 0 Å². The van der Waals surface area contributed by atoms with Gasteiger partial charge in [-0.3, -0.25) is 4.79 Å². The SMILES string of the molecule is C[C@@H]1CN(c2ncnc3c2c(C2CC2)cn3-c2cccc(F)c2)[C@@H](C)CN1C(=O)c1ccccc1. The van der Waals surface area contributed by atoms with Gasteiger partial charge < -0.3 is 14.4 Å². The van der Waals surface area contributed by atoms with Crippen LogP contribution in [0.4, 0.5) is 10.2 Å². The Balaban J connectivity index is 1.39. The molecular formula is C28H28FN5O. The highest BCUT2D eigenvalue weighted by atomic mass is 19.1. The molecule has 0 N–H and O–H groups in total. The quantitative estimate of drug-likeness (QED) is 0.414. The third-order valence-corrected chi connectivity index (χ3v) is 7.24. The second-order valence-electron chi connectivity index (χ2n) is 9.78. The normalized spacial score (nSPS) is 20.4. The van der Waals surface area contributed by atoms with Crippen LogP contribution in [0.15, 0.2) is 67.1 Å². The van der Waals surface area contributed by atoms with Crippen molar-refractivity contribution >= 4 is 22.8 Å². The van der Waals surface area contributed by atoms with Gasteiger partial charge in [-0.1, -0.05) is 24.3 Å². The number of fused-ring (bicyclic) bond motifs is 1. The maximum absolute atomic E-state index is 14.0. The van der Waals surface area contributed by atoms with Crippen LogP contribution in [0, 0.1) is 5.82 Å². The molecule has 4 aromatic rings. The number of hydrogen-bond acceptors (Lipinski definition) is 4. The van der Waals surface area contributed by atoms with E-state index in [0.717, 1.165) is 35.4 Å². The van der Waals surface area contributed by atoms with Gasteiger partial charge in [-0.15, -0.1) is 0 Å². The van der Waals surface area contributed by atoms with Crippen LogP contribution < -0.4 is 4.90 Å². The van der Waals surface area contributed by atoms with Gasteiger partial charge in [0.15, 0.2) is 0 Å². The highest BCUT2D eigenvalue weighted by Crippen LogP contribution is 2.46. The van der Waals surface area contributed by atoms with E-state index in [0.29, 0.717) is 24.6 Å². The standard InChI is InChI=1S/C28H28FN5O/c1-18-15-33(28(35)21-7-4-3-5-8-21)19(2)14-32(18)26-25-24(20-11-12-20)16-34(27(25)31-17-30-26)23-10-6-9-22(29)13-23/h3-10,13,16-20H,11-12,14-15H2,1-2H3/t18-,19+/m0/s1. The van der Waals surface area contributed by atoms with Crippen LogP contribution in [-0.2, 0) is 0 Å². The van der Waals surface area contributed by atoms with Gasteiger partial charge in [0.1, 0.15) is 23.6 Å². The lowest BCUT2D eigenvalue weighted by atomic mass is 10.0. The molecule has 1 aliphatic heterocycles. The Bertz CT molecular complexity index is 1400. The summed E-state index contributed by atoms with van der Waals surface area (Å²) in [5.41, 5.74) is 3.49. The molecule has 0 unspecified atom stereocenters. The first-order chi connectivity index (χ1) is 17.0. The van der Waals surface area contributed by atoms with Crippen molar-refractivity contribution in [3.63, 3.8) is 0 Å². The third kappa shape index (κ3) is 3.85. The second kappa shape index (κ2) is 8.48. The summed E-state index contributed by atoms with van der Waals surface area (Å²) in [7, 11) is 0. The first kappa shape index (κ1) is 21.8. The molecule has 2 aliphatic rings. The highest BCUT2D eigenvalue weighted by molar-refractivity contribution is 5.95. The summed E-state index contributed by atoms with van der Waals surface area (Å²) >= 11 is 0. The molecule has 0 radical (unpaired) electrons. The summed E-state index contributed by atoms with van der Waals surface area (Å²) in [4.78, 5) is 26.9. The Morgan fingerprint density at radius 1 is 0.971 bits per heavy atom. The van der Waals surface area contributed by atoms with E-state index in [2.05, 4.69) is 29.9 Å². The Morgan fingerprint density at radius 2 is 1.77 bits per heavy atom. The van der Waals surface area contributed by atoms with Crippen LogP contribution in [0.2, 0.25) is 0 Å². The average Bonchev–Trinajstić information content (AvgIpc) is 3.65. The van der Waals surface area contributed by atoms with E-state index in [9.17, 15) is 9.18 Å². The molecule has 0 bridgehead atoms. The predicted octanol–water partition coefficient (Wildman–Crippen LogP) is 5.18. The molecule has 2 fully saturated rings. The average molecular weight is 470 g/mol. The lowest BCUT2D eigenvalue weighted by Crippen LogP contribution is -2.58. The van der Waals surface area contributed by atoms with Crippen molar-refractivity contribution < 1.29 is 9.18 Å². The number of halogens is 1. The number of hydrogen-bond donors (Lipinski definition) is 0. The minimum Gasteiger partial charge on any atom is -0.349 e. The topological polar surface area (TPSA) is 54.3 Å². The van der Waals surface area contributed by atoms with E-state index < -0.39 is 0 Å². The van der Waals surface area contributed by atoms with E-state index in [1.165, 1.54) is 17.7 Å². The number of benzene rings is 2. The maximum atomic E-state index is 14.0. The molecule has 6 rings (SSSR count). The molecule has 1 saturated carbocycles. The van der Waals surface area contributed by atoms with E-state index >= 15 is 0 Å². The van der Waals surface area contributed by atoms with Crippen LogP contribution in [0.3, 0.4) is 0 Å². The van der Waals surface area contributed by atoms with Crippen molar-refractivity contribution in [3.05, 3.63) is 84.1 Å². The molecule has 1 saturated heterocycles.